The summed E-state index contributed by atoms with van der Waals surface area (Å²) < 4.78 is 5.67. The van der Waals surface area contributed by atoms with E-state index in [1.165, 1.54) is 17.4 Å². The summed E-state index contributed by atoms with van der Waals surface area (Å²) in [5.41, 5.74) is 2.13. The summed E-state index contributed by atoms with van der Waals surface area (Å²) in [7, 11) is 0. The molecule has 0 N–H and O–H groups in total. The maximum Gasteiger partial charge on any atom is 0.286 e. The van der Waals surface area contributed by atoms with Crippen LogP contribution in [0.25, 0.3) is 6.08 Å². The van der Waals surface area contributed by atoms with Gasteiger partial charge in [-0.1, -0.05) is 23.7 Å². The van der Waals surface area contributed by atoms with Crippen LogP contribution in [-0.4, -0.2) is 48.3 Å². The number of carbonyl (C=O) groups excluding carboxylic acids is 1. The number of piperazine rings is 1. The van der Waals surface area contributed by atoms with Crippen LogP contribution >= 0.6 is 23.4 Å². The van der Waals surface area contributed by atoms with Gasteiger partial charge in [0.1, 0.15) is 5.75 Å². The van der Waals surface area contributed by atoms with Crippen LogP contribution in [-0.2, 0) is 4.79 Å². The Hall–Kier alpha value is -2.44. The van der Waals surface area contributed by atoms with Crippen molar-refractivity contribution in [2.45, 2.75) is 20.0 Å². The largest absolute Gasteiger partial charge is 0.491 e. The summed E-state index contributed by atoms with van der Waals surface area (Å²) in [6, 6.07) is 15.7. The van der Waals surface area contributed by atoms with Gasteiger partial charge in [0.25, 0.3) is 5.91 Å². The number of halogens is 1. The highest BCUT2D eigenvalue weighted by Gasteiger charge is 2.28. The van der Waals surface area contributed by atoms with Crippen LogP contribution < -0.4 is 9.64 Å². The van der Waals surface area contributed by atoms with Crippen molar-refractivity contribution in [1.82, 2.24) is 4.90 Å². The van der Waals surface area contributed by atoms with Crippen molar-refractivity contribution < 1.29 is 9.53 Å². The normalized spacial score (nSPS) is 18.3. The first-order valence-corrected chi connectivity index (χ1v) is 11.2. The number of hydrogen-bond donors (Lipinski definition) is 0. The van der Waals surface area contributed by atoms with Crippen molar-refractivity contribution in [3.8, 4) is 5.75 Å². The van der Waals surface area contributed by atoms with Gasteiger partial charge in [-0.2, -0.15) is 4.99 Å². The molecule has 0 bridgehead atoms. The van der Waals surface area contributed by atoms with Crippen molar-refractivity contribution in [3.63, 3.8) is 0 Å². The number of hydrogen-bond acceptors (Lipinski definition) is 5. The molecule has 0 spiro atoms. The van der Waals surface area contributed by atoms with E-state index in [-0.39, 0.29) is 12.0 Å². The predicted octanol–water partition coefficient (Wildman–Crippen LogP) is 4.92. The summed E-state index contributed by atoms with van der Waals surface area (Å²) in [5, 5.41) is 1.54. The predicted molar refractivity (Wildman–Crippen MR) is 125 cm³/mol. The molecule has 1 saturated heterocycles. The zero-order valence-electron chi connectivity index (χ0n) is 17.0. The number of ether oxygens (including phenoxy) is 1. The molecule has 2 aliphatic heterocycles. The van der Waals surface area contributed by atoms with E-state index in [0.717, 1.165) is 47.7 Å². The lowest BCUT2D eigenvalue weighted by molar-refractivity contribution is -0.113. The van der Waals surface area contributed by atoms with Crippen LogP contribution in [0.1, 0.15) is 19.4 Å². The average molecular weight is 442 g/mol. The number of benzene rings is 2. The molecule has 2 aromatic carbocycles. The fourth-order valence-electron chi connectivity index (χ4n) is 3.41. The van der Waals surface area contributed by atoms with Crippen molar-refractivity contribution in [2.75, 3.05) is 31.1 Å². The molecular weight excluding hydrogens is 418 g/mol. The summed E-state index contributed by atoms with van der Waals surface area (Å²) in [6.45, 7) is 7.42. The zero-order chi connectivity index (χ0) is 21.1. The third-order valence-corrected chi connectivity index (χ3v) is 6.20. The van der Waals surface area contributed by atoms with E-state index in [0.29, 0.717) is 4.91 Å². The molecule has 2 aliphatic rings. The molecule has 1 amide bonds. The van der Waals surface area contributed by atoms with Gasteiger partial charge in [-0.15, -0.1) is 0 Å². The highest BCUT2D eigenvalue weighted by Crippen LogP contribution is 2.31. The summed E-state index contributed by atoms with van der Waals surface area (Å²) in [6.07, 6.45) is 2.03. The molecule has 4 rings (SSSR count). The molecule has 1 fully saturated rings. The Balaban J connectivity index is 1.36. The number of amides is 1. The first-order valence-electron chi connectivity index (χ1n) is 10.0. The second-order valence-corrected chi connectivity index (χ2v) is 8.94. The van der Waals surface area contributed by atoms with Crippen molar-refractivity contribution in [2.24, 2.45) is 4.99 Å². The zero-order valence-corrected chi connectivity index (χ0v) is 18.6. The van der Waals surface area contributed by atoms with Gasteiger partial charge < -0.3 is 14.5 Å². The Kier molecular flexibility index (Phi) is 6.35. The molecule has 2 heterocycles. The van der Waals surface area contributed by atoms with Gasteiger partial charge >= 0.3 is 0 Å². The molecule has 0 radical (unpaired) electrons. The lowest BCUT2D eigenvalue weighted by Crippen LogP contribution is -2.47. The molecule has 2 aromatic rings. The number of thioether (sulfide) groups is 1. The van der Waals surface area contributed by atoms with Crippen molar-refractivity contribution in [1.29, 1.82) is 0 Å². The number of rotatable bonds is 4. The van der Waals surface area contributed by atoms with Crippen molar-refractivity contribution in [3.05, 3.63) is 64.0 Å². The molecule has 0 aliphatic carbocycles. The van der Waals surface area contributed by atoms with E-state index in [4.69, 9.17) is 16.3 Å². The lowest BCUT2D eigenvalue weighted by Gasteiger charge is -2.36. The van der Waals surface area contributed by atoms with E-state index in [9.17, 15) is 4.79 Å². The van der Waals surface area contributed by atoms with Crippen LogP contribution in [0.2, 0.25) is 5.02 Å². The van der Waals surface area contributed by atoms with Crippen LogP contribution in [0, 0.1) is 0 Å². The maximum atomic E-state index is 12.4. The standard InChI is InChI=1S/C23H24ClN3O2S/c1-16(2)29-20-9-3-17(4-10-20)15-21-22(28)25-23(30-21)27-13-11-26(12-14-27)19-7-5-18(24)6-8-19/h3-10,15-16H,11-14H2,1-2H3/b21-15+. The molecule has 0 aromatic heterocycles. The molecule has 0 saturated carbocycles. The molecule has 5 nitrogen and oxygen atoms in total. The monoisotopic (exact) mass is 441 g/mol. The molecule has 156 valence electrons. The Morgan fingerprint density at radius 3 is 2.27 bits per heavy atom. The highest BCUT2D eigenvalue weighted by molar-refractivity contribution is 8.18. The third-order valence-electron chi connectivity index (χ3n) is 4.90. The number of carbonyl (C=O) groups is 1. The smallest absolute Gasteiger partial charge is 0.286 e. The van der Waals surface area contributed by atoms with E-state index >= 15 is 0 Å². The summed E-state index contributed by atoms with van der Waals surface area (Å²) >= 11 is 7.44. The number of nitrogens with zero attached hydrogens (tertiary/aromatic N) is 3. The highest BCUT2D eigenvalue weighted by atomic mass is 35.5. The Morgan fingerprint density at radius 2 is 1.63 bits per heavy atom. The van der Waals surface area contributed by atoms with E-state index in [1.807, 2.05) is 68.5 Å². The van der Waals surface area contributed by atoms with Gasteiger partial charge in [0, 0.05) is 36.9 Å². The average Bonchev–Trinajstić information content (AvgIpc) is 3.10. The van der Waals surface area contributed by atoms with Gasteiger partial charge in [-0.25, -0.2) is 0 Å². The van der Waals surface area contributed by atoms with Crippen LogP contribution in [0.4, 0.5) is 5.69 Å². The second-order valence-electron chi connectivity index (χ2n) is 7.50. The fourth-order valence-corrected chi connectivity index (χ4v) is 4.50. The first kappa shape index (κ1) is 20.8. The minimum Gasteiger partial charge on any atom is -0.491 e. The Bertz CT molecular complexity index is 963. The Labute approximate surface area is 186 Å². The van der Waals surface area contributed by atoms with Crippen LogP contribution in [0.15, 0.2) is 58.4 Å². The molecule has 0 unspecified atom stereocenters. The second kappa shape index (κ2) is 9.14. The SMILES string of the molecule is CC(C)Oc1ccc(/C=C2/SC(N3CCN(c4ccc(Cl)cc4)CC3)=NC2=O)cc1. The number of aliphatic imine (C=N–C) groups is 1. The van der Waals surface area contributed by atoms with Crippen molar-refractivity contribution >= 4 is 46.2 Å². The summed E-state index contributed by atoms with van der Waals surface area (Å²) in [5.74, 6) is 0.658. The van der Waals surface area contributed by atoms with Gasteiger partial charge in [0.2, 0.25) is 0 Å². The molecular formula is C23H24ClN3O2S. The minimum atomic E-state index is -0.169. The van der Waals surface area contributed by atoms with Crippen LogP contribution in [0.3, 0.4) is 0 Å². The molecule has 7 heteroatoms. The van der Waals surface area contributed by atoms with Crippen LogP contribution in [0.5, 0.6) is 5.75 Å². The molecule has 30 heavy (non-hydrogen) atoms. The maximum absolute atomic E-state index is 12.4. The topological polar surface area (TPSA) is 45.1 Å². The van der Waals surface area contributed by atoms with Gasteiger partial charge in [0.15, 0.2) is 5.17 Å². The third kappa shape index (κ3) is 4.99. The van der Waals surface area contributed by atoms with Gasteiger partial charge in [-0.05, 0) is 73.6 Å². The van der Waals surface area contributed by atoms with E-state index in [2.05, 4.69) is 14.8 Å². The summed E-state index contributed by atoms with van der Waals surface area (Å²) in [4.78, 5) is 21.9. The number of amidine groups is 1. The first-order chi connectivity index (χ1) is 14.5. The quantitative estimate of drug-likeness (QED) is 0.630. The van der Waals surface area contributed by atoms with E-state index in [1.54, 1.807) is 0 Å². The fraction of sp³-hybridized carbons (Fsp3) is 0.304. The van der Waals surface area contributed by atoms with Gasteiger partial charge in [0.05, 0.1) is 11.0 Å². The van der Waals surface area contributed by atoms with E-state index < -0.39 is 0 Å². The molecule has 0 atom stereocenters. The number of anilines is 1. The Morgan fingerprint density at radius 1 is 1.00 bits per heavy atom. The van der Waals surface area contributed by atoms with Gasteiger partial charge in [-0.3, -0.25) is 4.79 Å². The lowest BCUT2D eigenvalue weighted by atomic mass is 10.2. The minimum absolute atomic E-state index is 0.136.